The molecule has 0 aromatic carbocycles. The molecular formula is C36H54FN5O9. The van der Waals surface area contributed by atoms with Crippen molar-refractivity contribution in [2.75, 3.05) is 31.7 Å². The number of hydrogen-bond donors (Lipinski definition) is 2. The molecule has 14 nitrogen and oxygen atoms in total. The molecule has 0 spiro atoms. The molecule has 1 saturated heterocycles. The number of anilines is 1. The molecule has 4 atom stereocenters. The summed E-state index contributed by atoms with van der Waals surface area (Å²) in [5, 5.41) is 12.4. The van der Waals surface area contributed by atoms with Crippen LogP contribution in [0.3, 0.4) is 0 Å². The molecule has 51 heavy (non-hydrogen) atoms. The molecule has 1 amide bonds. The highest BCUT2D eigenvalue weighted by Crippen LogP contribution is 2.39. The number of terminal acetylenes is 1. The first-order valence-corrected chi connectivity index (χ1v) is 18.2. The molecule has 15 heteroatoms. The van der Waals surface area contributed by atoms with E-state index in [1.54, 1.807) is 0 Å². The van der Waals surface area contributed by atoms with Crippen molar-refractivity contribution >= 4 is 35.0 Å². The van der Waals surface area contributed by atoms with Crippen molar-refractivity contribution in [3.63, 3.8) is 0 Å². The molecule has 0 bridgehead atoms. The van der Waals surface area contributed by atoms with Crippen molar-refractivity contribution < 1.29 is 47.6 Å². The first kappa shape index (κ1) is 41.5. The standard InChI is InChI=1S/C36H54FN5O9/c1-5-8-10-12-14-16-18-20-47-22-27(23-48-30(45)19-17-15-13-11-9-6-2)50-35(46)40-32-31-33(41-34(37)39-32)42(25-38-31)29-21-28(49-26(4)44)36(7-3,24-43)51-29/h3,25,27-29,43H,5-6,8-24H2,1-2,4H3,(H,39,40,41,46)/t27?,28-,29+,36+/m0/s1. The Balaban J connectivity index is 1.64. The first-order chi connectivity index (χ1) is 24.7. The topological polar surface area (TPSA) is 173 Å². The summed E-state index contributed by atoms with van der Waals surface area (Å²) in [6, 6.07) is 0. The number of nitrogens with zero attached hydrogens (tertiary/aromatic N) is 4. The van der Waals surface area contributed by atoms with Gasteiger partial charge in [-0.05, 0) is 12.8 Å². The van der Waals surface area contributed by atoms with Gasteiger partial charge in [0.2, 0.25) is 0 Å². The minimum absolute atomic E-state index is 0.000272. The summed E-state index contributed by atoms with van der Waals surface area (Å²) in [6.45, 7) is 5.10. The van der Waals surface area contributed by atoms with Crippen molar-refractivity contribution in [1.82, 2.24) is 19.5 Å². The van der Waals surface area contributed by atoms with Crippen LogP contribution >= 0.6 is 0 Å². The Morgan fingerprint density at radius 3 is 2.37 bits per heavy atom. The number of ether oxygens (including phenoxy) is 5. The van der Waals surface area contributed by atoms with Crippen LogP contribution in [-0.4, -0.2) is 86.9 Å². The van der Waals surface area contributed by atoms with Crippen molar-refractivity contribution in [2.24, 2.45) is 0 Å². The third-order valence-corrected chi connectivity index (χ3v) is 8.63. The van der Waals surface area contributed by atoms with Gasteiger partial charge in [-0.15, -0.1) is 6.42 Å². The molecule has 0 aliphatic carbocycles. The number of fused-ring (bicyclic) bond motifs is 1. The van der Waals surface area contributed by atoms with Gasteiger partial charge in [-0.1, -0.05) is 90.4 Å². The highest BCUT2D eigenvalue weighted by atomic mass is 19.1. The van der Waals surface area contributed by atoms with Crippen LogP contribution in [0.1, 0.15) is 123 Å². The van der Waals surface area contributed by atoms with Crippen LogP contribution < -0.4 is 5.32 Å². The van der Waals surface area contributed by atoms with Crippen molar-refractivity contribution in [3.8, 4) is 12.3 Å². The lowest BCUT2D eigenvalue weighted by Gasteiger charge is -2.26. The van der Waals surface area contributed by atoms with E-state index in [2.05, 4.69) is 40.0 Å². The number of nitrogens with one attached hydrogen (secondary N) is 1. The predicted octanol–water partition coefficient (Wildman–Crippen LogP) is 6.16. The Labute approximate surface area is 299 Å². The number of carbonyl (C=O) groups excluding carboxylic acids is 3. The summed E-state index contributed by atoms with van der Waals surface area (Å²) < 4.78 is 44.1. The van der Waals surface area contributed by atoms with Gasteiger partial charge in [0.1, 0.15) is 18.9 Å². The highest BCUT2D eigenvalue weighted by molar-refractivity contribution is 5.93. The van der Waals surface area contributed by atoms with E-state index in [9.17, 15) is 23.9 Å². The molecule has 2 N–H and O–H groups in total. The normalized spacial score (nSPS) is 19.1. The van der Waals surface area contributed by atoms with E-state index in [-0.39, 0.29) is 43.0 Å². The molecule has 2 aromatic heterocycles. The fourth-order valence-corrected chi connectivity index (χ4v) is 5.83. The number of halogens is 1. The second-order valence-corrected chi connectivity index (χ2v) is 12.8. The summed E-state index contributed by atoms with van der Waals surface area (Å²) in [6.07, 6.45) is 16.1. The van der Waals surface area contributed by atoms with Gasteiger partial charge in [0.05, 0.1) is 19.5 Å². The molecule has 2 aromatic rings. The molecule has 1 aliphatic heterocycles. The average molecular weight is 720 g/mol. The number of carbonyl (C=O) groups is 3. The van der Waals surface area contributed by atoms with E-state index in [1.165, 1.54) is 49.9 Å². The van der Waals surface area contributed by atoms with E-state index < -0.39 is 54.8 Å². The number of amides is 1. The van der Waals surface area contributed by atoms with Crippen LogP contribution in [0.2, 0.25) is 0 Å². The highest BCUT2D eigenvalue weighted by Gasteiger charge is 2.51. The Hall–Kier alpha value is -3.87. The molecule has 0 radical (unpaired) electrons. The Bertz CT molecular complexity index is 1430. The quantitative estimate of drug-likeness (QED) is 0.0417. The lowest BCUT2D eigenvalue weighted by atomic mass is 9.98. The van der Waals surface area contributed by atoms with Gasteiger partial charge in [0, 0.05) is 26.4 Å². The predicted molar refractivity (Wildman–Crippen MR) is 186 cm³/mol. The van der Waals surface area contributed by atoms with E-state index in [0.29, 0.717) is 13.0 Å². The second kappa shape index (κ2) is 22.1. The van der Waals surface area contributed by atoms with Gasteiger partial charge in [0.25, 0.3) is 0 Å². The van der Waals surface area contributed by atoms with Gasteiger partial charge in [-0.25, -0.2) is 9.78 Å². The third kappa shape index (κ3) is 13.3. The maximum absolute atomic E-state index is 14.7. The van der Waals surface area contributed by atoms with Gasteiger partial charge in [-0.2, -0.15) is 14.4 Å². The largest absolute Gasteiger partial charge is 0.462 e. The van der Waals surface area contributed by atoms with Gasteiger partial charge in [-0.3, -0.25) is 19.5 Å². The van der Waals surface area contributed by atoms with Crippen LogP contribution in [0, 0.1) is 18.4 Å². The third-order valence-electron chi connectivity index (χ3n) is 8.63. The Kier molecular flexibility index (Phi) is 18.0. The van der Waals surface area contributed by atoms with Crippen LogP contribution in [0.25, 0.3) is 11.2 Å². The molecule has 3 rings (SSSR count). The molecule has 3 heterocycles. The number of imidazole rings is 1. The second-order valence-electron chi connectivity index (χ2n) is 12.8. The minimum Gasteiger partial charge on any atom is -0.462 e. The zero-order valence-electron chi connectivity index (χ0n) is 30.2. The van der Waals surface area contributed by atoms with Crippen LogP contribution in [0.4, 0.5) is 15.0 Å². The Morgan fingerprint density at radius 1 is 1.06 bits per heavy atom. The molecule has 1 aliphatic rings. The number of esters is 2. The van der Waals surface area contributed by atoms with E-state index >= 15 is 0 Å². The summed E-state index contributed by atoms with van der Waals surface area (Å²) in [5.41, 5.74) is -1.71. The maximum atomic E-state index is 14.7. The van der Waals surface area contributed by atoms with Crippen molar-refractivity contribution in [2.45, 2.75) is 141 Å². The average Bonchev–Trinajstić information content (AvgIpc) is 3.69. The first-order valence-electron chi connectivity index (χ1n) is 18.2. The number of hydrogen-bond acceptors (Lipinski definition) is 12. The SMILES string of the molecule is C#C[C@]1(CO)O[C@@H](n2cnc3c(NC(=O)OC(COCCCCCCCCC)COC(=O)CCCCCCCC)nc(F)nc32)C[C@@H]1OC(C)=O. The Morgan fingerprint density at radius 2 is 1.73 bits per heavy atom. The molecule has 0 saturated carbocycles. The number of aliphatic hydroxyl groups excluding tert-OH is 1. The monoisotopic (exact) mass is 719 g/mol. The lowest BCUT2D eigenvalue weighted by molar-refractivity contribution is -0.156. The fraction of sp³-hybridized carbons (Fsp3) is 0.722. The number of rotatable bonds is 24. The van der Waals surface area contributed by atoms with Crippen molar-refractivity contribution in [1.29, 1.82) is 0 Å². The summed E-state index contributed by atoms with van der Waals surface area (Å²) in [4.78, 5) is 49.0. The van der Waals surface area contributed by atoms with Crippen LogP contribution in [-0.2, 0) is 33.3 Å². The van der Waals surface area contributed by atoms with Crippen LogP contribution in [0.5, 0.6) is 0 Å². The summed E-state index contributed by atoms with van der Waals surface area (Å²) in [5.74, 6) is 1.05. The van der Waals surface area contributed by atoms with Gasteiger partial charge in [0.15, 0.2) is 28.7 Å². The summed E-state index contributed by atoms with van der Waals surface area (Å²) >= 11 is 0. The maximum Gasteiger partial charge on any atom is 0.413 e. The van der Waals surface area contributed by atoms with E-state index in [1.807, 2.05) is 0 Å². The molecule has 1 fully saturated rings. The number of aliphatic hydroxyl groups is 1. The summed E-state index contributed by atoms with van der Waals surface area (Å²) in [7, 11) is 0. The lowest BCUT2D eigenvalue weighted by Crippen LogP contribution is -2.43. The van der Waals surface area contributed by atoms with E-state index in [4.69, 9.17) is 30.1 Å². The number of aromatic nitrogens is 4. The minimum atomic E-state index is -1.65. The zero-order chi connectivity index (χ0) is 37.1. The molecular weight excluding hydrogens is 665 g/mol. The van der Waals surface area contributed by atoms with Gasteiger partial charge >= 0.3 is 24.1 Å². The molecule has 1 unspecified atom stereocenters. The smallest absolute Gasteiger partial charge is 0.413 e. The number of unbranched alkanes of at least 4 members (excludes halogenated alkanes) is 11. The van der Waals surface area contributed by atoms with Crippen LogP contribution in [0.15, 0.2) is 6.33 Å². The van der Waals surface area contributed by atoms with Crippen molar-refractivity contribution in [3.05, 3.63) is 12.4 Å². The fourth-order valence-electron chi connectivity index (χ4n) is 5.83. The molecule has 284 valence electrons. The van der Waals surface area contributed by atoms with Gasteiger partial charge < -0.3 is 28.8 Å². The zero-order valence-corrected chi connectivity index (χ0v) is 30.2. The van der Waals surface area contributed by atoms with E-state index in [0.717, 1.165) is 44.9 Å².